The zero-order valence-electron chi connectivity index (χ0n) is 15.3. The van der Waals surface area contributed by atoms with E-state index in [0.29, 0.717) is 44.8 Å². The molecule has 2 heterocycles. The maximum atomic E-state index is 13.0. The van der Waals surface area contributed by atoms with Crippen molar-refractivity contribution in [3.8, 4) is 0 Å². The summed E-state index contributed by atoms with van der Waals surface area (Å²) in [6, 6.07) is 5.20. The number of carbonyl (C=O) groups excluding carboxylic acids is 3. The van der Waals surface area contributed by atoms with Crippen LogP contribution in [0.2, 0.25) is 0 Å². The van der Waals surface area contributed by atoms with Gasteiger partial charge in [-0.15, -0.1) is 0 Å². The van der Waals surface area contributed by atoms with Crippen molar-refractivity contribution in [2.75, 3.05) is 26.3 Å². The van der Waals surface area contributed by atoms with Crippen LogP contribution in [0.5, 0.6) is 0 Å². The third-order valence-electron chi connectivity index (χ3n) is 4.86. The molecule has 8 heteroatoms. The fraction of sp³-hybridized carbons (Fsp3) is 0.526. The molecule has 0 radical (unpaired) electrons. The second-order valence-electron chi connectivity index (χ2n) is 6.78. The highest BCUT2D eigenvalue weighted by Crippen LogP contribution is 2.29. The van der Waals surface area contributed by atoms with Crippen LogP contribution in [0.1, 0.15) is 40.7 Å². The van der Waals surface area contributed by atoms with Gasteiger partial charge < -0.3 is 20.7 Å². The normalized spacial score (nSPS) is 19.4. The Morgan fingerprint density at radius 1 is 1.26 bits per heavy atom. The molecule has 2 aliphatic heterocycles. The number of imide groups is 1. The number of nitrogens with one attached hydrogen (secondary N) is 2. The molecule has 3 amide bonds. The van der Waals surface area contributed by atoms with Gasteiger partial charge in [0.25, 0.3) is 5.91 Å². The lowest BCUT2D eigenvalue weighted by atomic mass is 10.0. The standard InChI is InChI=1S/C19H26N4O4/c20-7-10-27-9-2-8-21-11-13-3-1-4-14-12-23(19(26)17(13)14)15-5-6-16(24)22-18(15)25/h1,3-4,15,21H,2,5-12,20H2,(H,22,24,25). The van der Waals surface area contributed by atoms with E-state index in [9.17, 15) is 14.4 Å². The molecule has 2 aliphatic rings. The van der Waals surface area contributed by atoms with E-state index in [0.717, 1.165) is 24.1 Å². The maximum Gasteiger partial charge on any atom is 0.255 e. The van der Waals surface area contributed by atoms with Crippen molar-refractivity contribution in [3.05, 3.63) is 34.9 Å². The Kier molecular flexibility index (Phi) is 6.54. The molecule has 1 atom stereocenters. The minimum absolute atomic E-state index is 0.136. The molecule has 0 aliphatic carbocycles. The van der Waals surface area contributed by atoms with E-state index in [2.05, 4.69) is 10.6 Å². The SMILES string of the molecule is NCCOCCCNCc1cccc2c1C(=O)N(C1CCC(=O)NC1=O)C2. The first-order valence-electron chi connectivity index (χ1n) is 9.35. The molecule has 0 aromatic heterocycles. The minimum atomic E-state index is -0.580. The average Bonchev–Trinajstić information content (AvgIpc) is 2.98. The Morgan fingerprint density at radius 2 is 2.11 bits per heavy atom. The summed E-state index contributed by atoms with van der Waals surface area (Å²) in [5.74, 6) is -0.798. The molecule has 1 aromatic carbocycles. The van der Waals surface area contributed by atoms with Crippen molar-refractivity contribution >= 4 is 17.7 Å². The van der Waals surface area contributed by atoms with E-state index < -0.39 is 6.04 Å². The number of hydrogen-bond acceptors (Lipinski definition) is 6. The van der Waals surface area contributed by atoms with Gasteiger partial charge in [-0.2, -0.15) is 0 Å². The van der Waals surface area contributed by atoms with E-state index >= 15 is 0 Å². The number of hydrogen-bond donors (Lipinski definition) is 3. The summed E-state index contributed by atoms with van der Waals surface area (Å²) < 4.78 is 5.34. The topological polar surface area (TPSA) is 114 Å². The van der Waals surface area contributed by atoms with E-state index in [1.165, 1.54) is 0 Å². The van der Waals surface area contributed by atoms with Crippen LogP contribution in [-0.4, -0.2) is 55.0 Å². The number of rotatable bonds is 9. The number of nitrogens with two attached hydrogens (primary N) is 1. The molecule has 4 N–H and O–H groups in total. The van der Waals surface area contributed by atoms with Gasteiger partial charge in [0.15, 0.2) is 0 Å². The van der Waals surface area contributed by atoms with Gasteiger partial charge in [-0.3, -0.25) is 19.7 Å². The predicted octanol–water partition coefficient (Wildman–Crippen LogP) is -0.0974. The van der Waals surface area contributed by atoms with Gasteiger partial charge in [0.1, 0.15) is 6.04 Å². The maximum absolute atomic E-state index is 13.0. The van der Waals surface area contributed by atoms with Crippen LogP contribution in [0, 0.1) is 0 Å². The smallest absolute Gasteiger partial charge is 0.255 e. The first-order valence-corrected chi connectivity index (χ1v) is 9.35. The van der Waals surface area contributed by atoms with E-state index in [1.54, 1.807) is 4.90 Å². The van der Waals surface area contributed by atoms with Crippen LogP contribution < -0.4 is 16.4 Å². The molecule has 8 nitrogen and oxygen atoms in total. The predicted molar refractivity (Wildman–Crippen MR) is 98.7 cm³/mol. The van der Waals surface area contributed by atoms with E-state index in [-0.39, 0.29) is 24.1 Å². The molecule has 0 bridgehead atoms. The molecular weight excluding hydrogens is 348 g/mol. The molecular formula is C19H26N4O4. The van der Waals surface area contributed by atoms with Gasteiger partial charge in [0, 0.05) is 38.2 Å². The Morgan fingerprint density at radius 3 is 2.89 bits per heavy atom. The fourth-order valence-corrected chi connectivity index (χ4v) is 3.54. The Hall–Kier alpha value is -2.29. The molecule has 0 spiro atoms. The van der Waals surface area contributed by atoms with Crippen molar-refractivity contribution in [3.63, 3.8) is 0 Å². The summed E-state index contributed by atoms with van der Waals surface area (Å²) in [6.45, 7) is 3.50. The van der Waals surface area contributed by atoms with Crippen LogP contribution >= 0.6 is 0 Å². The van der Waals surface area contributed by atoms with Crippen LogP contribution in [0.15, 0.2) is 18.2 Å². The largest absolute Gasteiger partial charge is 0.380 e. The molecule has 0 saturated carbocycles. The van der Waals surface area contributed by atoms with Crippen molar-refractivity contribution in [1.29, 1.82) is 0 Å². The number of piperidine rings is 1. The number of carbonyl (C=O) groups is 3. The second-order valence-corrected chi connectivity index (χ2v) is 6.78. The summed E-state index contributed by atoms with van der Waals surface area (Å²) in [6.07, 6.45) is 1.50. The van der Waals surface area contributed by atoms with Crippen LogP contribution in [0.3, 0.4) is 0 Å². The van der Waals surface area contributed by atoms with Crippen molar-refractivity contribution in [2.45, 2.75) is 38.4 Å². The van der Waals surface area contributed by atoms with Gasteiger partial charge in [-0.25, -0.2) is 0 Å². The number of benzene rings is 1. The fourth-order valence-electron chi connectivity index (χ4n) is 3.54. The van der Waals surface area contributed by atoms with Gasteiger partial charge >= 0.3 is 0 Å². The van der Waals surface area contributed by atoms with Gasteiger partial charge in [0.2, 0.25) is 11.8 Å². The van der Waals surface area contributed by atoms with Crippen LogP contribution in [-0.2, 0) is 27.4 Å². The highest BCUT2D eigenvalue weighted by molar-refractivity contribution is 6.05. The minimum Gasteiger partial charge on any atom is -0.380 e. The Bertz CT molecular complexity index is 722. The Balaban J connectivity index is 1.59. The molecule has 1 unspecified atom stereocenters. The van der Waals surface area contributed by atoms with Gasteiger partial charge in [-0.1, -0.05) is 18.2 Å². The molecule has 146 valence electrons. The number of ether oxygens (including phenoxy) is 1. The highest BCUT2D eigenvalue weighted by Gasteiger charge is 2.39. The summed E-state index contributed by atoms with van der Waals surface area (Å²) in [5, 5.41) is 5.66. The highest BCUT2D eigenvalue weighted by atomic mass is 16.5. The van der Waals surface area contributed by atoms with Crippen LogP contribution in [0.25, 0.3) is 0 Å². The quantitative estimate of drug-likeness (QED) is 0.411. The molecule has 3 rings (SSSR count). The zero-order chi connectivity index (χ0) is 19.2. The van der Waals surface area contributed by atoms with Crippen molar-refractivity contribution in [1.82, 2.24) is 15.5 Å². The van der Waals surface area contributed by atoms with Gasteiger partial charge in [-0.05, 0) is 30.5 Å². The lowest BCUT2D eigenvalue weighted by Gasteiger charge is -2.29. The summed E-state index contributed by atoms with van der Waals surface area (Å²) in [7, 11) is 0. The van der Waals surface area contributed by atoms with E-state index in [4.69, 9.17) is 10.5 Å². The first kappa shape index (κ1) is 19.5. The Labute approximate surface area is 158 Å². The molecule has 1 fully saturated rings. The van der Waals surface area contributed by atoms with Crippen molar-refractivity contribution < 1.29 is 19.1 Å². The second kappa shape index (κ2) is 9.07. The summed E-state index contributed by atoms with van der Waals surface area (Å²) >= 11 is 0. The zero-order valence-corrected chi connectivity index (χ0v) is 15.3. The number of amides is 3. The molecule has 27 heavy (non-hydrogen) atoms. The summed E-state index contributed by atoms with van der Waals surface area (Å²) in [4.78, 5) is 38.0. The lowest BCUT2D eigenvalue weighted by Crippen LogP contribution is -2.52. The monoisotopic (exact) mass is 374 g/mol. The van der Waals surface area contributed by atoms with E-state index in [1.807, 2.05) is 18.2 Å². The lowest BCUT2D eigenvalue weighted by molar-refractivity contribution is -0.136. The number of fused-ring (bicyclic) bond motifs is 1. The van der Waals surface area contributed by atoms with Crippen molar-refractivity contribution in [2.24, 2.45) is 5.73 Å². The first-order chi connectivity index (χ1) is 13.1. The summed E-state index contributed by atoms with van der Waals surface area (Å²) in [5.41, 5.74) is 7.90. The third-order valence-corrected chi connectivity index (χ3v) is 4.86. The van der Waals surface area contributed by atoms with Gasteiger partial charge in [0.05, 0.1) is 6.61 Å². The molecule has 1 aromatic rings. The number of nitrogens with zero attached hydrogens (tertiary/aromatic N) is 1. The van der Waals surface area contributed by atoms with Crippen LogP contribution in [0.4, 0.5) is 0 Å². The molecule has 1 saturated heterocycles. The third kappa shape index (κ3) is 4.52. The average molecular weight is 374 g/mol.